The molecule has 2 N–H and O–H groups in total. The molecule has 1 aromatic rings. The van der Waals surface area contributed by atoms with Gasteiger partial charge in [0.1, 0.15) is 0 Å². The zero-order valence-corrected chi connectivity index (χ0v) is 10.7. The molecule has 0 saturated heterocycles. The highest BCUT2D eigenvalue weighted by molar-refractivity contribution is 7.11. The molecule has 0 spiro atoms. The third-order valence-corrected chi connectivity index (χ3v) is 3.80. The fourth-order valence-corrected chi connectivity index (χ4v) is 2.24. The molecule has 0 aliphatic rings. The van der Waals surface area contributed by atoms with Crippen LogP contribution in [0.2, 0.25) is 0 Å². The maximum atomic E-state index is 9.01. The smallest absolute Gasteiger partial charge is 0.0900 e. The lowest BCUT2D eigenvalue weighted by molar-refractivity contribution is 0.207. The predicted octanol–water partition coefficient (Wildman–Crippen LogP) is 1.87. The van der Waals surface area contributed by atoms with Crippen molar-refractivity contribution in [3.8, 4) is 0 Å². The van der Waals surface area contributed by atoms with Crippen molar-refractivity contribution in [1.29, 1.82) is 0 Å². The summed E-state index contributed by atoms with van der Waals surface area (Å²) in [5.74, 6) is 0.291. The number of aromatic nitrogens is 1. The van der Waals surface area contributed by atoms with E-state index in [4.69, 9.17) is 5.11 Å². The van der Waals surface area contributed by atoms with E-state index in [0.29, 0.717) is 12.0 Å². The Labute approximate surface area is 95.6 Å². The van der Waals surface area contributed by atoms with Gasteiger partial charge in [0.15, 0.2) is 0 Å². The van der Waals surface area contributed by atoms with Crippen LogP contribution in [0.25, 0.3) is 0 Å². The molecular weight excluding hydrogens is 208 g/mol. The summed E-state index contributed by atoms with van der Waals surface area (Å²) in [5.41, 5.74) is 1.12. The largest absolute Gasteiger partial charge is 0.396 e. The minimum absolute atomic E-state index is 0.231. The number of hydrogen-bond acceptors (Lipinski definition) is 4. The van der Waals surface area contributed by atoms with E-state index in [9.17, 15) is 0 Å². The molecule has 0 aliphatic heterocycles. The third kappa shape index (κ3) is 3.55. The van der Waals surface area contributed by atoms with Crippen LogP contribution in [0.4, 0.5) is 0 Å². The SMILES string of the molecule is Cc1nc(C)c(CNC(C)C(C)CO)s1. The fourth-order valence-electron chi connectivity index (χ4n) is 1.35. The van der Waals surface area contributed by atoms with Gasteiger partial charge in [0.05, 0.1) is 10.7 Å². The molecule has 86 valence electrons. The van der Waals surface area contributed by atoms with Gasteiger partial charge in [-0.15, -0.1) is 11.3 Å². The van der Waals surface area contributed by atoms with Gasteiger partial charge in [-0.2, -0.15) is 0 Å². The number of aryl methyl sites for hydroxylation is 2. The number of rotatable bonds is 5. The van der Waals surface area contributed by atoms with Crippen molar-refractivity contribution in [2.45, 2.75) is 40.3 Å². The third-order valence-electron chi connectivity index (χ3n) is 2.73. The highest BCUT2D eigenvalue weighted by Gasteiger charge is 2.11. The Kier molecular flexibility index (Phi) is 4.70. The molecule has 0 bridgehead atoms. The Balaban J connectivity index is 2.46. The molecule has 1 rings (SSSR count). The van der Waals surface area contributed by atoms with Crippen molar-refractivity contribution in [3.05, 3.63) is 15.6 Å². The standard InChI is InChI=1S/C11H20N2OS/c1-7(6-14)8(2)12-5-11-9(3)13-10(4)15-11/h7-8,12,14H,5-6H2,1-4H3. The predicted molar refractivity (Wildman–Crippen MR) is 64.1 cm³/mol. The number of thiazole rings is 1. The van der Waals surface area contributed by atoms with Crippen molar-refractivity contribution in [2.75, 3.05) is 6.61 Å². The van der Waals surface area contributed by atoms with Gasteiger partial charge in [0.25, 0.3) is 0 Å². The molecule has 0 radical (unpaired) electrons. The lowest BCUT2D eigenvalue weighted by Gasteiger charge is -2.18. The summed E-state index contributed by atoms with van der Waals surface area (Å²) in [6.07, 6.45) is 0. The summed E-state index contributed by atoms with van der Waals surface area (Å²) in [4.78, 5) is 5.68. The Hall–Kier alpha value is -0.450. The van der Waals surface area contributed by atoms with Gasteiger partial charge in [0, 0.05) is 24.1 Å². The Morgan fingerprint density at radius 2 is 2.07 bits per heavy atom. The highest BCUT2D eigenvalue weighted by atomic mass is 32.1. The zero-order valence-electron chi connectivity index (χ0n) is 9.87. The summed E-state index contributed by atoms with van der Waals surface area (Å²) in [6, 6.07) is 0.330. The summed E-state index contributed by atoms with van der Waals surface area (Å²) < 4.78 is 0. The number of aliphatic hydroxyl groups is 1. The lowest BCUT2D eigenvalue weighted by atomic mass is 10.1. The Morgan fingerprint density at radius 3 is 2.53 bits per heavy atom. The number of aliphatic hydroxyl groups excluding tert-OH is 1. The minimum atomic E-state index is 0.231. The lowest BCUT2D eigenvalue weighted by Crippen LogP contribution is -2.33. The summed E-state index contributed by atoms with van der Waals surface area (Å²) in [5, 5.41) is 13.5. The Bertz CT molecular complexity index is 312. The highest BCUT2D eigenvalue weighted by Crippen LogP contribution is 2.17. The van der Waals surface area contributed by atoms with Gasteiger partial charge in [-0.25, -0.2) is 4.98 Å². The van der Waals surface area contributed by atoms with Crippen LogP contribution in [-0.2, 0) is 6.54 Å². The number of nitrogens with one attached hydrogen (secondary N) is 1. The molecule has 0 aliphatic carbocycles. The van der Waals surface area contributed by atoms with Crippen molar-refractivity contribution >= 4 is 11.3 Å². The van der Waals surface area contributed by atoms with Crippen LogP contribution in [0.5, 0.6) is 0 Å². The molecule has 0 saturated carbocycles. The van der Waals surface area contributed by atoms with E-state index < -0.39 is 0 Å². The van der Waals surface area contributed by atoms with Crippen LogP contribution in [0.1, 0.15) is 29.4 Å². The van der Waals surface area contributed by atoms with Crippen LogP contribution < -0.4 is 5.32 Å². The normalized spacial score (nSPS) is 15.3. The second-order valence-corrected chi connectivity index (χ2v) is 5.36. The summed E-state index contributed by atoms with van der Waals surface area (Å²) in [7, 11) is 0. The number of nitrogens with zero attached hydrogens (tertiary/aromatic N) is 1. The zero-order chi connectivity index (χ0) is 11.4. The van der Waals surface area contributed by atoms with E-state index in [-0.39, 0.29) is 6.61 Å². The average molecular weight is 228 g/mol. The topological polar surface area (TPSA) is 45.2 Å². The minimum Gasteiger partial charge on any atom is -0.396 e. The first kappa shape index (κ1) is 12.6. The van der Waals surface area contributed by atoms with E-state index in [1.165, 1.54) is 4.88 Å². The maximum Gasteiger partial charge on any atom is 0.0900 e. The number of hydrogen-bond donors (Lipinski definition) is 2. The summed E-state index contributed by atoms with van der Waals surface area (Å²) in [6.45, 7) is 9.30. The van der Waals surface area contributed by atoms with Crippen molar-refractivity contribution in [2.24, 2.45) is 5.92 Å². The van der Waals surface area contributed by atoms with E-state index in [2.05, 4.69) is 17.2 Å². The molecular formula is C11H20N2OS. The second kappa shape index (κ2) is 5.58. The first-order chi connectivity index (χ1) is 7.04. The van der Waals surface area contributed by atoms with Crippen LogP contribution in [0, 0.1) is 19.8 Å². The second-order valence-electron chi connectivity index (χ2n) is 4.07. The van der Waals surface area contributed by atoms with Crippen molar-refractivity contribution < 1.29 is 5.11 Å². The first-order valence-corrected chi connectivity index (χ1v) is 6.13. The quantitative estimate of drug-likeness (QED) is 0.808. The first-order valence-electron chi connectivity index (χ1n) is 5.31. The monoisotopic (exact) mass is 228 g/mol. The van der Waals surface area contributed by atoms with Gasteiger partial charge in [-0.3, -0.25) is 0 Å². The summed E-state index contributed by atoms with van der Waals surface area (Å²) >= 11 is 1.74. The van der Waals surface area contributed by atoms with E-state index in [1.54, 1.807) is 11.3 Å². The van der Waals surface area contributed by atoms with Gasteiger partial charge in [0.2, 0.25) is 0 Å². The molecule has 4 heteroatoms. The van der Waals surface area contributed by atoms with E-state index in [0.717, 1.165) is 17.2 Å². The van der Waals surface area contributed by atoms with Crippen molar-refractivity contribution in [1.82, 2.24) is 10.3 Å². The van der Waals surface area contributed by atoms with Gasteiger partial charge in [-0.1, -0.05) is 6.92 Å². The van der Waals surface area contributed by atoms with Crippen LogP contribution in [-0.4, -0.2) is 22.7 Å². The van der Waals surface area contributed by atoms with E-state index >= 15 is 0 Å². The molecule has 0 fully saturated rings. The van der Waals surface area contributed by atoms with Gasteiger partial charge < -0.3 is 10.4 Å². The molecule has 0 aromatic carbocycles. The van der Waals surface area contributed by atoms with Crippen LogP contribution in [0.15, 0.2) is 0 Å². The Morgan fingerprint density at radius 1 is 1.40 bits per heavy atom. The molecule has 0 amide bonds. The van der Waals surface area contributed by atoms with Crippen molar-refractivity contribution in [3.63, 3.8) is 0 Å². The van der Waals surface area contributed by atoms with Gasteiger partial charge in [-0.05, 0) is 26.7 Å². The van der Waals surface area contributed by atoms with Crippen LogP contribution in [0.3, 0.4) is 0 Å². The fraction of sp³-hybridized carbons (Fsp3) is 0.727. The molecule has 1 heterocycles. The maximum absolute atomic E-state index is 9.01. The molecule has 2 atom stereocenters. The molecule has 2 unspecified atom stereocenters. The molecule has 1 aromatic heterocycles. The van der Waals surface area contributed by atoms with Gasteiger partial charge >= 0.3 is 0 Å². The molecule has 3 nitrogen and oxygen atoms in total. The molecule has 15 heavy (non-hydrogen) atoms. The van der Waals surface area contributed by atoms with E-state index in [1.807, 2.05) is 20.8 Å². The average Bonchev–Trinajstić information content (AvgIpc) is 2.52. The van der Waals surface area contributed by atoms with Crippen LogP contribution >= 0.6 is 11.3 Å².